The Labute approximate surface area is 142 Å². The van der Waals surface area contributed by atoms with Crippen molar-refractivity contribution in [3.63, 3.8) is 0 Å². The monoisotopic (exact) mass is 315 g/mol. The molecule has 1 heterocycles. The lowest BCUT2D eigenvalue weighted by Crippen LogP contribution is -2.11. The molecule has 1 atom stereocenters. The predicted octanol–water partition coefficient (Wildman–Crippen LogP) is 4.81. The molecule has 1 unspecified atom stereocenters. The third-order valence-corrected chi connectivity index (χ3v) is 4.71. The lowest BCUT2D eigenvalue weighted by atomic mass is 9.84. The smallest absolute Gasteiger partial charge is 0.127 e. The fraction of sp³-hybridized carbons (Fsp3) is 0.238. The lowest BCUT2D eigenvalue weighted by Gasteiger charge is -2.22. The van der Waals surface area contributed by atoms with Gasteiger partial charge in [0.05, 0.1) is 11.9 Å². The van der Waals surface area contributed by atoms with E-state index in [2.05, 4.69) is 47.6 Å². The van der Waals surface area contributed by atoms with Crippen LogP contribution >= 0.6 is 0 Å². The zero-order valence-electron chi connectivity index (χ0n) is 13.9. The van der Waals surface area contributed by atoms with E-state index in [-0.39, 0.29) is 0 Å². The molecule has 0 radical (unpaired) electrons. The van der Waals surface area contributed by atoms with Crippen LogP contribution in [0.3, 0.4) is 0 Å². The topological polar surface area (TPSA) is 30.2 Å². The van der Waals surface area contributed by atoms with Crippen molar-refractivity contribution in [1.82, 2.24) is 9.66 Å². The number of nitrogens with zero attached hydrogens (tertiary/aromatic N) is 3. The first-order valence-corrected chi connectivity index (χ1v) is 8.55. The maximum Gasteiger partial charge on any atom is 0.127 e. The highest BCUT2D eigenvalue weighted by molar-refractivity contribution is 5.69. The number of hydrogen-bond donors (Lipinski definition) is 0. The van der Waals surface area contributed by atoms with Crippen LogP contribution < -0.4 is 0 Å². The van der Waals surface area contributed by atoms with Gasteiger partial charge in [-0.3, -0.25) is 0 Å². The highest BCUT2D eigenvalue weighted by atomic mass is 15.4. The van der Waals surface area contributed by atoms with Crippen molar-refractivity contribution in [3.05, 3.63) is 77.7 Å². The van der Waals surface area contributed by atoms with Gasteiger partial charge in [-0.15, -0.1) is 0 Å². The molecule has 0 spiro atoms. The molecule has 2 aromatic carbocycles. The predicted molar refractivity (Wildman–Crippen MR) is 98.4 cm³/mol. The average Bonchev–Trinajstić information content (AvgIpc) is 3.01. The van der Waals surface area contributed by atoms with E-state index in [0.717, 1.165) is 17.1 Å². The van der Waals surface area contributed by atoms with Crippen molar-refractivity contribution in [2.45, 2.75) is 32.1 Å². The van der Waals surface area contributed by atoms with Gasteiger partial charge in [0.1, 0.15) is 5.82 Å². The van der Waals surface area contributed by atoms with Crippen molar-refractivity contribution in [3.8, 4) is 11.3 Å². The Balaban J connectivity index is 1.60. The van der Waals surface area contributed by atoms with Gasteiger partial charge in [0.15, 0.2) is 0 Å². The Morgan fingerprint density at radius 2 is 1.88 bits per heavy atom. The highest BCUT2D eigenvalue weighted by Gasteiger charge is 2.18. The van der Waals surface area contributed by atoms with E-state index < -0.39 is 0 Å². The molecule has 1 aliphatic rings. The minimum absolute atomic E-state index is 0.400. The highest BCUT2D eigenvalue weighted by Crippen LogP contribution is 2.30. The van der Waals surface area contributed by atoms with Crippen LogP contribution in [-0.2, 0) is 6.42 Å². The van der Waals surface area contributed by atoms with Crippen molar-refractivity contribution < 1.29 is 0 Å². The van der Waals surface area contributed by atoms with Gasteiger partial charge in [-0.2, -0.15) is 5.10 Å². The zero-order chi connectivity index (χ0) is 16.4. The Bertz CT molecular complexity index is 862. The van der Waals surface area contributed by atoms with E-state index in [1.807, 2.05) is 36.0 Å². The van der Waals surface area contributed by atoms with Crippen molar-refractivity contribution in [1.29, 1.82) is 0 Å². The molecule has 0 fully saturated rings. The van der Waals surface area contributed by atoms with Crippen LogP contribution in [0.2, 0.25) is 0 Å². The Hall–Kier alpha value is -2.68. The van der Waals surface area contributed by atoms with Gasteiger partial charge in [-0.1, -0.05) is 54.6 Å². The minimum Gasteiger partial charge on any atom is -0.232 e. The van der Waals surface area contributed by atoms with Crippen molar-refractivity contribution >= 4 is 6.21 Å². The SMILES string of the molecule is Cc1nc(-c2ccccc2)cn1/N=C\C1CCCc2ccccc21. The molecule has 4 rings (SSSR count). The zero-order valence-corrected chi connectivity index (χ0v) is 13.9. The summed E-state index contributed by atoms with van der Waals surface area (Å²) in [6.45, 7) is 2.00. The van der Waals surface area contributed by atoms with Gasteiger partial charge in [-0.25, -0.2) is 9.66 Å². The molecular weight excluding hydrogens is 294 g/mol. The van der Waals surface area contributed by atoms with E-state index >= 15 is 0 Å². The average molecular weight is 315 g/mol. The van der Waals surface area contributed by atoms with Crippen LogP contribution in [0.25, 0.3) is 11.3 Å². The third-order valence-electron chi connectivity index (χ3n) is 4.71. The van der Waals surface area contributed by atoms with Gasteiger partial charge in [0.2, 0.25) is 0 Å². The van der Waals surface area contributed by atoms with E-state index in [1.165, 1.54) is 30.4 Å². The molecule has 3 nitrogen and oxygen atoms in total. The standard InChI is InChI=1S/C21H21N3/c1-16-23-21(18-9-3-2-4-10-18)15-24(16)22-14-19-12-7-11-17-8-5-6-13-20(17)19/h2-6,8-10,13-15,19H,7,11-12H2,1H3/b22-14-. The van der Waals surface area contributed by atoms with Crippen LogP contribution in [0.4, 0.5) is 0 Å². The second kappa shape index (κ2) is 6.44. The maximum absolute atomic E-state index is 4.70. The summed E-state index contributed by atoms with van der Waals surface area (Å²) < 4.78 is 1.89. The Kier molecular flexibility index (Phi) is 3.99. The first kappa shape index (κ1) is 14.9. The molecule has 3 aromatic rings. The molecular formula is C21H21N3. The largest absolute Gasteiger partial charge is 0.232 e. The van der Waals surface area contributed by atoms with Crippen LogP contribution in [-0.4, -0.2) is 15.9 Å². The van der Waals surface area contributed by atoms with Gasteiger partial charge in [0, 0.05) is 17.7 Å². The van der Waals surface area contributed by atoms with Crippen LogP contribution in [0.5, 0.6) is 0 Å². The van der Waals surface area contributed by atoms with Crippen molar-refractivity contribution in [2.24, 2.45) is 5.10 Å². The molecule has 120 valence electrons. The quantitative estimate of drug-likeness (QED) is 0.638. The first-order valence-electron chi connectivity index (χ1n) is 8.55. The number of imidazole rings is 1. The number of benzene rings is 2. The summed E-state index contributed by atoms with van der Waals surface area (Å²) in [6, 6.07) is 19.0. The summed E-state index contributed by atoms with van der Waals surface area (Å²) in [6.07, 6.45) is 7.67. The number of fused-ring (bicyclic) bond motifs is 1. The van der Waals surface area contributed by atoms with Crippen LogP contribution in [0.1, 0.15) is 35.7 Å². The summed E-state index contributed by atoms with van der Waals surface area (Å²) in [5.41, 5.74) is 4.98. The normalized spacial score (nSPS) is 17.1. The van der Waals surface area contributed by atoms with Gasteiger partial charge < -0.3 is 0 Å². The van der Waals surface area contributed by atoms with Crippen LogP contribution in [0, 0.1) is 6.92 Å². The van der Waals surface area contributed by atoms with E-state index in [4.69, 9.17) is 5.10 Å². The Morgan fingerprint density at radius 1 is 1.08 bits per heavy atom. The molecule has 3 heteroatoms. The molecule has 1 aromatic heterocycles. The number of aromatic nitrogens is 2. The molecule has 0 aliphatic heterocycles. The Morgan fingerprint density at radius 3 is 2.75 bits per heavy atom. The van der Waals surface area contributed by atoms with Gasteiger partial charge in [-0.05, 0) is 37.3 Å². The second-order valence-corrected chi connectivity index (χ2v) is 6.35. The summed E-state index contributed by atoms with van der Waals surface area (Å²) in [5, 5.41) is 4.70. The first-order chi connectivity index (χ1) is 11.8. The minimum atomic E-state index is 0.400. The van der Waals surface area contributed by atoms with Gasteiger partial charge >= 0.3 is 0 Å². The molecule has 0 saturated heterocycles. The molecule has 0 amide bonds. The fourth-order valence-corrected chi connectivity index (χ4v) is 3.43. The summed E-state index contributed by atoms with van der Waals surface area (Å²) in [7, 11) is 0. The molecule has 1 aliphatic carbocycles. The van der Waals surface area contributed by atoms with Crippen LogP contribution in [0.15, 0.2) is 65.9 Å². The number of hydrogen-bond acceptors (Lipinski definition) is 2. The third kappa shape index (κ3) is 2.90. The maximum atomic E-state index is 4.70. The molecule has 0 bridgehead atoms. The second-order valence-electron chi connectivity index (χ2n) is 6.35. The number of aryl methyl sites for hydroxylation is 2. The molecule has 0 saturated carbocycles. The summed E-state index contributed by atoms with van der Waals surface area (Å²) >= 11 is 0. The molecule has 24 heavy (non-hydrogen) atoms. The number of rotatable bonds is 3. The van der Waals surface area contributed by atoms with Crippen molar-refractivity contribution in [2.75, 3.05) is 0 Å². The van der Waals surface area contributed by atoms with E-state index in [1.54, 1.807) is 0 Å². The lowest BCUT2D eigenvalue weighted by molar-refractivity contribution is 0.651. The van der Waals surface area contributed by atoms with E-state index in [0.29, 0.717) is 5.92 Å². The van der Waals surface area contributed by atoms with Gasteiger partial charge in [0.25, 0.3) is 0 Å². The summed E-state index contributed by atoms with van der Waals surface area (Å²) in [4.78, 5) is 4.64. The fourth-order valence-electron chi connectivity index (χ4n) is 3.43. The molecule has 0 N–H and O–H groups in total. The summed E-state index contributed by atoms with van der Waals surface area (Å²) in [5.74, 6) is 1.31. The van der Waals surface area contributed by atoms with E-state index in [9.17, 15) is 0 Å².